The summed E-state index contributed by atoms with van der Waals surface area (Å²) in [6.07, 6.45) is 2.06. The predicted molar refractivity (Wildman–Crippen MR) is 56.6 cm³/mol. The average Bonchev–Trinajstić information content (AvgIpc) is 2.61. The lowest BCUT2D eigenvalue weighted by Crippen LogP contribution is -2.29. The Balaban J connectivity index is 1.93. The molecule has 1 aromatic heterocycles. The van der Waals surface area contributed by atoms with Gasteiger partial charge in [0.15, 0.2) is 0 Å². The zero-order valence-electron chi connectivity index (χ0n) is 7.41. The summed E-state index contributed by atoms with van der Waals surface area (Å²) in [7, 11) is 0. The van der Waals surface area contributed by atoms with E-state index in [2.05, 4.69) is 16.8 Å². The van der Waals surface area contributed by atoms with Crippen LogP contribution in [0.1, 0.15) is 12.0 Å². The van der Waals surface area contributed by atoms with Crippen LogP contribution in [-0.4, -0.2) is 18.6 Å². The number of rotatable bonds is 2. The molecule has 0 amide bonds. The number of ether oxygens (including phenoxy) is 1. The molecule has 1 saturated heterocycles. The first-order valence-corrected chi connectivity index (χ1v) is 5.97. The van der Waals surface area contributed by atoms with Crippen molar-refractivity contribution in [3.8, 4) is 0 Å². The summed E-state index contributed by atoms with van der Waals surface area (Å²) < 4.78 is 5.42. The smallest absolute Gasteiger partial charge is 0.0511 e. The van der Waals surface area contributed by atoms with Gasteiger partial charge in [0.05, 0.1) is 6.61 Å². The van der Waals surface area contributed by atoms with Gasteiger partial charge in [0.1, 0.15) is 0 Å². The molecule has 1 fully saturated rings. The first-order valence-electron chi connectivity index (χ1n) is 4.59. The van der Waals surface area contributed by atoms with Crippen LogP contribution in [0.4, 0.5) is 0 Å². The normalized spacial score (nSPS) is 29.0. The largest absolute Gasteiger partial charge is 0.381 e. The van der Waals surface area contributed by atoms with Crippen LogP contribution >= 0.6 is 22.9 Å². The molecule has 0 aromatic carbocycles. The van der Waals surface area contributed by atoms with Crippen LogP contribution in [0.15, 0.2) is 16.8 Å². The van der Waals surface area contributed by atoms with E-state index >= 15 is 0 Å². The molecular formula is C10H13ClOS. The Morgan fingerprint density at radius 2 is 2.54 bits per heavy atom. The molecule has 2 atom stereocenters. The summed E-state index contributed by atoms with van der Waals surface area (Å²) in [4.78, 5) is 0. The topological polar surface area (TPSA) is 9.23 Å². The maximum Gasteiger partial charge on any atom is 0.0511 e. The van der Waals surface area contributed by atoms with Crippen molar-refractivity contribution in [2.75, 3.05) is 13.2 Å². The number of thiophene rings is 1. The van der Waals surface area contributed by atoms with Crippen molar-refractivity contribution in [3.63, 3.8) is 0 Å². The minimum atomic E-state index is 0.300. The fourth-order valence-corrected chi connectivity index (χ4v) is 2.60. The summed E-state index contributed by atoms with van der Waals surface area (Å²) in [5.41, 5.74) is 1.39. The molecule has 13 heavy (non-hydrogen) atoms. The first-order chi connectivity index (χ1) is 6.36. The zero-order chi connectivity index (χ0) is 9.10. The summed E-state index contributed by atoms with van der Waals surface area (Å²) in [6.45, 7) is 1.65. The van der Waals surface area contributed by atoms with E-state index in [1.54, 1.807) is 11.3 Å². The van der Waals surface area contributed by atoms with Gasteiger partial charge in [0, 0.05) is 17.9 Å². The third-order valence-corrected chi connectivity index (χ3v) is 3.77. The molecule has 72 valence electrons. The highest BCUT2D eigenvalue weighted by Gasteiger charge is 2.23. The van der Waals surface area contributed by atoms with E-state index < -0.39 is 0 Å². The third-order valence-electron chi connectivity index (χ3n) is 2.46. The second-order valence-corrected chi connectivity index (χ2v) is 4.82. The van der Waals surface area contributed by atoms with Gasteiger partial charge in [0.2, 0.25) is 0 Å². The number of hydrogen-bond donors (Lipinski definition) is 0. The Morgan fingerprint density at radius 1 is 1.62 bits per heavy atom. The van der Waals surface area contributed by atoms with Gasteiger partial charge in [0.25, 0.3) is 0 Å². The van der Waals surface area contributed by atoms with E-state index in [1.165, 1.54) is 5.56 Å². The maximum absolute atomic E-state index is 6.22. The Kier molecular flexibility index (Phi) is 3.25. The molecule has 1 aliphatic rings. The van der Waals surface area contributed by atoms with E-state index in [0.717, 1.165) is 26.1 Å². The summed E-state index contributed by atoms with van der Waals surface area (Å²) >= 11 is 7.97. The fourth-order valence-electron chi connectivity index (χ4n) is 1.67. The Hall–Kier alpha value is -0.0500. The van der Waals surface area contributed by atoms with Crippen molar-refractivity contribution >= 4 is 22.9 Å². The third kappa shape index (κ3) is 2.46. The van der Waals surface area contributed by atoms with Crippen LogP contribution in [0.3, 0.4) is 0 Å². The molecule has 2 unspecified atom stereocenters. The maximum atomic E-state index is 6.22. The second-order valence-electron chi connectivity index (χ2n) is 3.48. The van der Waals surface area contributed by atoms with E-state index in [1.807, 2.05) is 0 Å². The van der Waals surface area contributed by atoms with Gasteiger partial charge in [-0.15, -0.1) is 11.6 Å². The molecular weight excluding hydrogens is 204 g/mol. The summed E-state index contributed by atoms with van der Waals surface area (Å²) in [6, 6.07) is 2.17. The van der Waals surface area contributed by atoms with Crippen molar-refractivity contribution in [2.24, 2.45) is 5.92 Å². The van der Waals surface area contributed by atoms with Crippen molar-refractivity contribution < 1.29 is 4.74 Å². The highest BCUT2D eigenvalue weighted by molar-refractivity contribution is 7.07. The van der Waals surface area contributed by atoms with Crippen molar-refractivity contribution in [1.82, 2.24) is 0 Å². The molecule has 3 heteroatoms. The summed E-state index contributed by atoms with van der Waals surface area (Å²) in [5.74, 6) is 0.505. The standard InChI is InChI=1S/C10H13ClOS/c11-10-1-3-12-6-9(10)5-8-2-4-13-7-8/h2,4,7,9-10H,1,3,5-6H2. The van der Waals surface area contributed by atoms with Crippen LogP contribution in [0, 0.1) is 5.92 Å². The number of halogens is 1. The molecule has 2 heterocycles. The summed E-state index contributed by atoms with van der Waals surface area (Å²) in [5, 5.41) is 4.61. The lowest BCUT2D eigenvalue weighted by atomic mass is 9.95. The number of alkyl halides is 1. The van der Waals surface area contributed by atoms with Gasteiger partial charge >= 0.3 is 0 Å². The molecule has 0 spiro atoms. The Morgan fingerprint density at radius 3 is 3.23 bits per heavy atom. The highest BCUT2D eigenvalue weighted by atomic mass is 35.5. The average molecular weight is 217 g/mol. The molecule has 1 aromatic rings. The van der Waals surface area contributed by atoms with Gasteiger partial charge in [-0.1, -0.05) is 0 Å². The predicted octanol–water partition coefficient (Wildman–Crippen LogP) is 2.93. The van der Waals surface area contributed by atoms with Crippen LogP contribution < -0.4 is 0 Å². The van der Waals surface area contributed by atoms with E-state index in [4.69, 9.17) is 16.3 Å². The van der Waals surface area contributed by atoms with Crippen LogP contribution in [0.25, 0.3) is 0 Å². The van der Waals surface area contributed by atoms with Gasteiger partial charge in [-0.3, -0.25) is 0 Å². The SMILES string of the molecule is ClC1CCOCC1Cc1ccsc1. The molecule has 0 N–H and O–H groups in total. The van der Waals surface area contributed by atoms with Gasteiger partial charge in [-0.2, -0.15) is 11.3 Å². The molecule has 0 radical (unpaired) electrons. The van der Waals surface area contributed by atoms with E-state index in [-0.39, 0.29) is 0 Å². The molecule has 2 rings (SSSR count). The van der Waals surface area contributed by atoms with Crippen molar-refractivity contribution in [2.45, 2.75) is 18.2 Å². The number of hydrogen-bond acceptors (Lipinski definition) is 2. The molecule has 1 nitrogen and oxygen atoms in total. The van der Waals surface area contributed by atoms with Crippen molar-refractivity contribution in [1.29, 1.82) is 0 Å². The first kappa shape index (κ1) is 9.50. The highest BCUT2D eigenvalue weighted by Crippen LogP contribution is 2.24. The van der Waals surface area contributed by atoms with E-state index in [9.17, 15) is 0 Å². The van der Waals surface area contributed by atoms with Crippen LogP contribution in [0.2, 0.25) is 0 Å². The van der Waals surface area contributed by atoms with Gasteiger partial charge < -0.3 is 4.74 Å². The van der Waals surface area contributed by atoms with Crippen LogP contribution in [0.5, 0.6) is 0 Å². The zero-order valence-corrected chi connectivity index (χ0v) is 8.98. The minimum absolute atomic E-state index is 0.300. The van der Waals surface area contributed by atoms with Gasteiger partial charge in [-0.25, -0.2) is 0 Å². The molecule has 0 saturated carbocycles. The molecule has 1 aliphatic heterocycles. The fraction of sp³-hybridized carbons (Fsp3) is 0.600. The van der Waals surface area contributed by atoms with Gasteiger partial charge in [-0.05, 0) is 35.2 Å². The monoisotopic (exact) mass is 216 g/mol. The molecule has 0 aliphatic carbocycles. The quantitative estimate of drug-likeness (QED) is 0.691. The van der Waals surface area contributed by atoms with Crippen LogP contribution in [-0.2, 0) is 11.2 Å². The Bertz CT molecular complexity index is 247. The second kappa shape index (κ2) is 4.45. The minimum Gasteiger partial charge on any atom is -0.381 e. The lowest BCUT2D eigenvalue weighted by Gasteiger charge is -2.26. The van der Waals surface area contributed by atoms with Crippen molar-refractivity contribution in [3.05, 3.63) is 22.4 Å². The van der Waals surface area contributed by atoms with E-state index in [0.29, 0.717) is 11.3 Å². The molecule has 0 bridgehead atoms. The lowest BCUT2D eigenvalue weighted by molar-refractivity contribution is 0.0578. The Labute approximate surface area is 87.7 Å².